The Morgan fingerprint density at radius 3 is 2.71 bits per heavy atom. The second kappa shape index (κ2) is 6.01. The van der Waals surface area contributed by atoms with E-state index in [2.05, 4.69) is 30.8 Å². The molecule has 0 amide bonds. The van der Waals surface area contributed by atoms with Crippen molar-refractivity contribution < 1.29 is 0 Å². The first-order valence-electron chi connectivity index (χ1n) is 7.65. The molecule has 2 heterocycles. The Balaban J connectivity index is 1.52. The van der Waals surface area contributed by atoms with Gasteiger partial charge in [0.25, 0.3) is 0 Å². The number of aromatic nitrogens is 4. The van der Waals surface area contributed by atoms with Crippen LogP contribution in [-0.2, 0) is 0 Å². The van der Waals surface area contributed by atoms with Crippen LogP contribution in [0, 0.1) is 0 Å². The van der Waals surface area contributed by atoms with Crippen molar-refractivity contribution >= 4 is 40.6 Å². The van der Waals surface area contributed by atoms with E-state index in [0.29, 0.717) is 34.2 Å². The van der Waals surface area contributed by atoms with Gasteiger partial charge in [-0.3, -0.25) is 5.10 Å². The highest BCUT2D eigenvalue weighted by molar-refractivity contribution is 6.32. The molecule has 1 aliphatic carbocycles. The second-order valence-corrected chi connectivity index (χ2v) is 6.15. The van der Waals surface area contributed by atoms with Gasteiger partial charge in [-0.1, -0.05) is 11.6 Å². The average Bonchev–Trinajstić information content (AvgIpc) is 3.33. The van der Waals surface area contributed by atoms with Crippen LogP contribution in [0.1, 0.15) is 24.5 Å². The number of nitrogens with two attached hydrogens (primary N) is 1. The number of rotatable bonds is 5. The van der Waals surface area contributed by atoms with Gasteiger partial charge in [0.1, 0.15) is 5.02 Å². The maximum atomic E-state index is 6.18. The Morgan fingerprint density at radius 2 is 1.96 bits per heavy atom. The van der Waals surface area contributed by atoms with E-state index in [4.69, 9.17) is 17.3 Å². The smallest absolute Gasteiger partial charge is 0.229 e. The summed E-state index contributed by atoms with van der Waals surface area (Å²) in [6.45, 7) is 0. The number of nitrogen functional groups attached to an aromatic ring is 1. The summed E-state index contributed by atoms with van der Waals surface area (Å²) in [7, 11) is 0. The minimum atomic E-state index is 0.425. The molecule has 122 valence electrons. The zero-order chi connectivity index (χ0) is 16.5. The van der Waals surface area contributed by atoms with E-state index in [0.717, 1.165) is 11.4 Å². The van der Waals surface area contributed by atoms with Gasteiger partial charge < -0.3 is 16.4 Å². The van der Waals surface area contributed by atoms with Crippen molar-refractivity contribution in [2.24, 2.45) is 0 Å². The summed E-state index contributed by atoms with van der Waals surface area (Å²) < 4.78 is 0. The van der Waals surface area contributed by atoms with Crippen molar-refractivity contribution in [3.8, 4) is 0 Å². The Labute approximate surface area is 143 Å². The van der Waals surface area contributed by atoms with Crippen molar-refractivity contribution in [2.75, 3.05) is 16.4 Å². The molecule has 0 unspecified atom stereocenters. The number of hydrogen-bond donors (Lipinski definition) is 4. The summed E-state index contributed by atoms with van der Waals surface area (Å²) in [6, 6.07) is 9.32. The first-order chi connectivity index (χ1) is 11.7. The normalized spacial score (nSPS) is 13.7. The van der Waals surface area contributed by atoms with Gasteiger partial charge in [-0.05, 0) is 37.1 Å². The third kappa shape index (κ3) is 3.26. The lowest BCUT2D eigenvalue weighted by atomic mass is 10.3. The fraction of sp³-hybridized carbons (Fsp3) is 0.188. The van der Waals surface area contributed by atoms with E-state index < -0.39 is 0 Å². The fourth-order valence-corrected chi connectivity index (χ4v) is 2.47. The van der Waals surface area contributed by atoms with Crippen molar-refractivity contribution in [1.82, 2.24) is 20.2 Å². The van der Waals surface area contributed by atoms with Crippen molar-refractivity contribution in [1.29, 1.82) is 0 Å². The molecular formula is C16H16ClN7. The highest BCUT2D eigenvalue weighted by Gasteiger charge is 2.25. The number of nitrogens with zero attached hydrogens (tertiary/aromatic N) is 3. The summed E-state index contributed by atoms with van der Waals surface area (Å²) in [6.07, 6.45) is 3.97. The topological polar surface area (TPSA) is 105 Å². The zero-order valence-corrected chi connectivity index (χ0v) is 13.5. The molecule has 1 fully saturated rings. The highest BCUT2D eigenvalue weighted by Crippen LogP contribution is 2.39. The fourth-order valence-electron chi connectivity index (χ4n) is 2.34. The predicted molar refractivity (Wildman–Crippen MR) is 95.0 cm³/mol. The van der Waals surface area contributed by atoms with Gasteiger partial charge in [0.05, 0.1) is 6.20 Å². The van der Waals surface area contributed by atoms with Gasteiger partial charge in [-0.15, -0.1) is 0 Å². The summed E-state index contributed by atoms with van der Waals surface area (Å²) in [5.41, 5.74) is 8.36. The Kier molecular flexibility index (Phi) is 3.70. The van der Waals surface area contributed by atoms with Crippen LogP contribution in [-0.4, -0.2) is 20.2 Å². The average molecular weight is 342 g/mol. The second-order valence-electron chi connectivity index (χ2n) is 5.74. The van der Waals surface area contributed by atoms with Crippen LogP contribution in [0.25, 0.3) is 0 Å². The number of benzene rings is 1. The zero-order valence-electron chi connectivity index (χ0n) is 12.8. The summed E-state index contributed by atoms with van der Waals surface area (Å²) >= 11 is 6.18. The lowest BCUT2D eigenvalue weighted by Crippen LogP contribution is -2.01. The molecule has 1 saturated carbocycles. The summed E-state index contributed by atoms with van der Waals surface area (Å²) in [4.78, 5) is 8.59. The van der Waals surface area contributed by atoms with Crippen LogP contribution in [0.2, 0.25) is 5.02 Å². The molecule has 24 heavy (non-hydrogen) atoms. The minimum absolute atomic E-state index is 0.425. The lowest BCUT2D eigenvalue weighted by Gasteiger charge is -2.08. The third-order valence-electron chi connectivity index (χ3n) is 3.77. The van der Waals surface area contributed by atoms with Gasteiger partial charge in [0.2, 0.25) is 5.95 Å². The molecule has 0 atom stereocenters. The van der Waals surface area contributed by atoms with Crippen LogP contribution < -0.4 is 16.4 Å². The molecular weight excluding hydrogens is 326 g/mol. The van der Waals surface area contributed by atoms with E-state index in [-0.39, 0.29) is 0 Å². The number of anilines is 5. The quantitative estimate of drug-likeness (QED) is 0.526. The lowest BCUT2D eigenvalue weighted by molar-refractivity contribution is 0.966. The summed E-state index contributed by atoms with van der Waals surface area (Å²) in [5.74, 6) is 2.23. The molecule has 0 radical (unpaired) electrons. The van der Waals surface area contributed by atoms with Crippen molar-refractivity contribution in [2.45, 2.75) is 18.8 Å². The number of halogens is 1. The highest BCUT2D eigenvalue weighted by atomic mass is 35.5. The monoisotopic (exact) mass is 341 g/mol. The Bertz CT molecular complexity index is 855. The van der Waals surface area contributed by atoms with E-state index in [1.54, 1.807) is 18.3 Å². The van der Waals surface area contributed by atoms with Gasteiger partial charge >= 0.3 is 0 Å². The molecule has 0 bridgehead atoms. The molecule has 0 saturated heterocycles. The van der Waals surface area contributed by atoms with Crippen LogP contribution in [0.4, 0.5) is 29.0 Å². The van der Waals surface area contributed by atoms with Crippen LogP contribution in [0.3, 0.4) is 0 Å². The third-order valence-corrected chi connectivity index (χ3v) is 4.05. The SMILES string of the molecule is Nc1ccc(Nc2ncc(Cl)c(Nc3cc(C4CC4)[nH]n3)n2)cc1. The molecule has 4 rings (SSSR count). The Morgan fingerprint density at radius 1 is 1.17 bits per heavy atom. The van der Waals surface area contributed by atoms with Gasteiger partial charge in [0, 0.05) is 29.1 Å². The van der Waals surface area contributed by atoms with Crippen molar-refractivity contribution in [3.05, 3.63) is 47.2 Å². The van der Waals surface area contributed by atoms with Crippen molar-refractivity contribution in [3.63, 3.8) is 0 Å². The number of hydrogen-bond acceptors (Lipinski definition) is 6. The van der Waals surface area contributed by atoms with Crippen LogP contribution in [0.15, 0.2) is 36.5 Å². The summed E-state index contributed by atoms with van der Waals surface area (Å²) in [5, 5.41) is 14.0. The van der Waals surface area contributed by atoms with E-state index >= 15 is 0 Å². The maximum Gasteiger partial charge on any atom is 0.229 e. The number of aromatic amines is 1. The Hall–Kier alpha value is -2.80. The molecule has 3 aromatic rings. The van der Waals surface area contributed by atoms with Crippen LogP contribution in [0.5, 0.6) is 0 Å². The maximum absolute atomic E-state index is 6.18. The van der Waals surface area contributed by atoms with Gasteiger partial charge in [0.15, 0.2) is 11.6 Å². The van der Waals surface area contributed by atoms with E-state index in [1.165, 1.54) is 12.8 Å². The molecule has 1 aromatic carbocycles. The first kappa shape index (κ1) is 14.8. The molecule has 5 N–H and O–H groups in total. The molecule has 0 spiro atoms. The van der Waals surface area contributed by atoms with E-state index in [1.807, 2.05) is 18.2 Å². The first-order valence-corrected chi connectivity index (χ1v) is 8.02. The molecule has 1 aliphatic rings. The predicted octanol–water partition coefficient (Wildman–Crippen LogP) is 3.80. The molecule has 2 aromatic heterocycles. The van der Waals surface area contributed by atoms with E-state index in [9.17, 15) is 0 Å². The molecule has 8 heteroatoms. The van der Waals surface area contributed by atoms with Crippen LogP contribution >= 0.6 is 11.6 Å². The largest absolute Gasteiger partial charge is 0.399 e. The van der Waals surface area contributed by atoms with Gasteiger partial charge in [-0.25, -0.2) is 4.98 Å². The minimum Gasteiger partial charge on any atom is -0.399 e. The number of nitrogens with one attached hydrogen (secondary N) is 3. The number of H-pyrrole nitrogens is 1. The van der Waals surface area contributed by atoms with Gasteiger partial charge in [-0.2, -0.15) is 10.1 Å². The standard InChI is InChI=1S/C16H16ClN7/c17-12-8-19-16(20-11-5-3-10(18)4-6-11)22-15(12)21-14-7-13(23-24-14)9-1-2-9/h3-9H,1-2,18H2,(H3,19,20,21,22,23,24). The molecule has 7 nitrogen and oxygen atoms in total. The molecule has 0 aliphatic heterocycles.